The van der Waals surface area contributed by atoms with Crippen molar-refractivity contribution in [2.45, 2.75) is 0 Å². The minimum atomic E-state index is 0.666. The van der Waals surface area contributed by atoms with Gasteiger partial charge in [0.05, 0.1) is 12.6 Å². The standard InChI is InChI=1S/C16H14ClN3O/c1-20(12-4-6-13(21-2)7-5-12)16-14-8-3-11(17)9-15(14)18-10-19-16/h3-10H,1-2H3. The molecule has 0 aliphatic carbocycles. The summed E-state index contributed by atoms with van der Waals surface area (Å²) in [6.45, 7) is 0. The van der Waals surface area contributed by atoms with Gasteiger partial charge >= 0.3 is 0 Å². The predicted octanol–water partition coefficient (Wildman–Crippen LogP) is 4.06. The number of anilines is 2. The molecule has 0 amide bonds. The summed E-state index contributed by atoms with van der Waals surface area (Å²) in [6, 6.07) is 13.4. The summed E-state index contributed by atoms with van der Waals surface area (Å²) in [5.41, 5.74) is 1.85. The SMILES string of the molecule is COc1ccc(N(C)c2ncnc3cc(Cl)ccc23)cc1. The molecule has 106 valence electrons. The molecule has 0 spiro atoms. The third-order valence-corrected chi connectivity index (χ3v) is 3.59. The van der Waals surface area contributed by atoms with Gasteiger partial charge in [-0.05, 0) is 42.5 Å². The van der Waals surface area contributed by atoms with Crippen LogP contribution in [0.5, 0.6) is 5.75 Å². The lowest BCUT2D eigenvalue weighted by molar-refractivity contribution is 0.415. The van der Waals surface area contributed by atoms with Crippen LogP contribution in [0.2, 0.25) is 5.02 Å². The number of fused-ring (bicyclic) bond motifs is 1. The Morgan fingerprint density at radius 1 is 1.05 bits per heavy atom. The van der Waals surface area contributed by atoms with Crippen molar-refractivity contribution < 1.29 is 4.74 Å². The fourth-order valence-corrected chi connectivity index (χ4v) is 2.38. The van der Waals surface area contributed by atoms with Crippen LogP contribution in [0.3, 0.4) is 0 Å². The third kappa shape index (κ3) is 2.62. The Bertz CT molecular complexity index is 774. The van der Waals surface area contributed by atoms with Gasteiger partial charge < -0.3 is 9.64 Å². The highest BCUT2D eigenvalue weighted by atomic mass is 35.5. The van der Waals surface area contributed by atoms with Crippen LogP contribution < -0.4 is 9.64 Å². The summed E-state index contributed by atoms with van der Waals surface area (Å²) in [4.78, 5) is 10.7. The molecule has 2 aromatic carbocycles. The smallest absolute Gasteiger partial charge is 0.144 e. The van der Waals surface area contributed by atoms with Crippen molar-refractivity contribution in [3.8, 4) is 5.75 Å². The van der Waals surface area contributed by atoms with Crippen LogP contribution >= 0.6 is 11.6 Å². The van der Waals surface area contributed by atoms with Crippen molar-refractivity contribution in [2.24, 2.45) is 0 Å². The van der Waals surface area contributed by atoms with Gasteiger partial charge in [-0.3, -0.25) is 0 Å². The maximum absolute atomic E-state index is 6.01. The number of ether oxygens (including phenoxy) is 1. The molecule has 0 aliphatic heterocycles. The summed E-state index contributed by atoms with van der Waals surface area (Å²) in [5.74, 6) is 1.66. The first kappa shape index (κ1) is 13.6. The molecule has 1 aromatic heterocycles. The molecule has 5 heteroatoms. The van der Waals surface area contributed by atoms with Crippen molar-refractivity contribution in [1.29, 1.82) is 0 Å². The number of benzene rings is 2. The Hall–Kier alpha value is -2.33. The van der Waals surface area contributed by atoms with E-state index in [1.807, 2.05) is 54.4 Å². The molecule has 3 rings (SSSR count). The molecule has 0 unspecified atom stereocenters. The lowest BCUT2D eigenvalue weighted by Crippen LogP contribution is -2.11. The first-order valence-electron chi connectivity index (χ1n) is 6.47. The maximum Gasteiger partial charge on any atom is 0.144 e. The average Bonchev–Trinajstić information content (AvgIpc) is 2.53. The molecule has 21 heavy (non-hydrogen) atoms. The van der Waals surface area contributed by atoms with E-state index >= 15 is 0 Å². The minimum Gasteiger partial charge on any atom is -0.497 e. The van der Waals surface area contributed by atoms with Gasteiger partial charge in [0, 0.05) is 23.1 Å². The van der Waals surface area contributed by atoms with Crippen LogP contribution in [0.15, 0.2) is 48.8 Å². The summed E-state index contributed by atoms with van der Waals surface area (Å²) in [5, 5.41) is 1.62. The number of aromatic nitrogens is 2. The molecule has 4 nitrogen and oxygen atoms in total. The second kappa shape index (κ2) is 5.58. The van der Waals surface area contributed by atoms with Crippen LogP contribution in [-0.2, 0) is 0 Å². The highest BCUT2D eigenvalue weighted by Crippen LogP contribution is 2.30. The number of rotatable bonds is 3. The lowest BCUT2D eigenvalue weighted by Gasteiger charge is -2.20. The van der Waals surface area contributed by atoms with Crippen molar-refractivity contribution >= 4 is 34.0 Å². The van der Waals surface area contributed by atoms with E-state index in [9.17, 15) is 0 Å². The van der Waals surface area contributed by atoms with Gasteiger partial charge in [0.1, 0.15) is 17.9 Å². The van der Waals surface area contributed by atoms with Gasteiger partial charge in [-0.1, -0.05) is 11.6 Å². The Morgan fingerprint density at radius 2 is 1.81 bits per heavy atom. The van der Waals surface area contributed by atoms with Crippen LogP contribution in [0.25, 0.3) is 10.9 Å². The predicted molar refractivity (Wildman–Crippen MR) is 85.6 cm³/mol. The van der Waals surface area contributed by atoms with Crippen LogP contribution in [0.1, 0.15) is 0 Å². The fraction of sp³-hybridized carbons (Fsp3) is 0.125. The summed E-state index contributed by atoms with van der Waals surface area (Å²) >= 11 is 6.01. The molecule has 0 fully saturated rings. The molecule has 0 atom stereocenters. The average molecular weight is 300 g/mol. The van der Waals surface area contributed by atoms with E-state index in [-0.39, 0.29) is 0 Å². The topological polar surface area (TPSA) is 38.2 Å². The molecule has 0 saturated carbocycles. The minimum absolute atomic E-state index is 0.666. The van der Waals surface area contributed by atoms with E-state index in [0.29, 0.717) is 5.02 Å². The highest BCUT2D eigenvalue weighted by molar-refractivity contribution is 6.31. The van der Waals surface area contributed by atoms with Gasteiger partial charge in [-0.25, -0.2) is 9.97 Å². The Balaban J connectivity index is 2.06. The zero-order valence-corrected chi connectivity index (χ0v) is 12.5. The molecule has 3 aromatic rings. The van der Waals surface area contributed by atoms with Crippen molar-refractivity contribution in [1.82, 2.24) is 9.97 Å². The van der Waals surface area contributed by atoms with Gasteiger partial charge in [0.15, 0.2) is 0 Å². The van der Waals surface area contributed by atoms with E-state index in [4.69, 9.17) is 16.3 Å². The van der Waals surface area contributed by atoms with Gasteiger partial charge in [0.25, 0.3) is 0 Å². The molecule has 0 aliphatic rings. The largest absolute Gasteiger partial charge is 0.497 e. The van der Waals surface area contributed by atoms with Crippen molar-refractivity contribution in [2.75, 3.05) is 19.1 Å². The van der Waals surface area contributed by atoms with Crippen LogP contribution in [0, 0.1) is 0 Å². The highest BCUT2D eigenvalue weighted by Gasteiger charge is 2.10. The number of hydrogen-bond acceptors (Lipinski definition) is 4. The number of hydrogen-bond donors (Lipinski definition) is 0. The monoisotopic (exact) mass is 299 g/mol. The van der Waals surface area contributed by atoms with Crippen molar-refractivity contribution in [3.05, 3.63) is 53.8 Å². The number of halogens is 1. The van der Waals surface area contributed by atoms with Crippen LogP contribution in [-0.4, -0.2) is 24.1 Å². The second-order valence-corrected chi connectivity index (χ2v) is 5.05. The van der Waals surface area contributed by atoms with Gasteiger partial charge in [0.2, 0.25) is 0 Å². The summed E-state index contributed by atoms with van der Waals surface area (Å²) in [6.07, 6.45) is 1.55. The number of nitrogens with zero attached hydrogens (tertiary/aromatic N) is 3. The normalized spacial score (nSPS) is 10.6. The maximum atomic E-state index is 6.01. The first-order valence-corrected chi connectivity index (χ1v) is 6.85. The van der Waals surface area contributed by atoms with Gasteiger partial charge in [-0.15, -0.1) is 0 Å². The Labute approximate surface area is 128 Å². The Morgan fingerprint density at radius 3 is 2.52 bits per heavy atom. The van der Waals surface area contributed by atoms with E-state index in [2.05, 4.69) is 9.97 Å². The molecular formula is C16H14ClN3O. The Kier molecular flexibility index (Phi) is 3.62. The molecule has 1 heterocycles. The first-order chi connectivity index (χ1) is 10.2. The molecule has 0 radical (unpaired) electrons. The van der Waals surface area contributed by atoms with E-state index in [1.54, 1.807) is 13.4 Å². The molecular weight excluding hydrogens is 286 g/mol. The zero-order valence-electron chi connectivity index (χ0n) is 11.7. The van der Waals surface area contributed by atoms with Gasteiger partial charge in [-0.2, -0.15) is 0 Å². The number of methoxy groups -OCH3 is 1. The van der Waals surface area contributed by atoms with Crippen molar-refractivity contribution in [3.63, 3.8) is 0 Å². The lowest BCUT2D eigenvalue weighted by atomic mass is 10.2. The van der Waals surface area contributed by atoms with E-state index < -0.39 is 0 Å². The zero-order chi connectivity index (χ0) is 14.8. The third-order valence-electron chi connectivity index (χ3n) is 3.35. The summed E-state index contributed by atoms with van der Waals surface area (Å²) in [7, 11) is 3.62. The molecule has 0 N–H and O–H groups in total. The fourth-order valence-electron chi connectivity index (χ4n) is 2.21. The summed E-state index contributed by atoms with van der Waals surface area (Å²) < 4.78 is 5.18. The quantitative estimate of drug-likeness (QED) is 0.731. The molecule has 0 bridgehead atoms. The second-order valence-electron chi connectivity index (χ2n) is 4.62. The van der Waals surface area contributed by atoms with Crippen LogP contribution in [0.4, 0.5) is 11.5 Å². The molecule has 0 saturated heterocycles. The van der Waals surface area contributed by atoms with E-state index in [1.165, 1.54) is 0 Å². The van der Waals surface area contributed by atoms with E-state index in [0.717, 1.165) is 28.2 Å².